The van der Waals surface area contributed by atoms with E-state index in [1.165, 1.54) is 0 Å². The normalized spacial score (nSPS) is 10.4. The third-order valence-electron chi connectivity index (χ3n) is 3.79. The molecule has 4 nitrogen and oxygen atoms in total. The topological polar surface area (TPSA) is 44.8 Å². The van der Waals surface area contributed by atoms with Gasteiger partial charge in [0.1, 0.15) is 23.7 Å². The van der Waals surface area contributed by atoms with Crippen LogP contribution in [0.2, 0.25) is 0 Å². The van der Waals surface area contributed by atoms with Crippen molar-refractivity contribution in [2.75, 3.05) is 14.2 Å². The van der Waals surface area contributed by atoms with Crippen LogP contribution in [0.4, 0.5) is 0 Å². The monoisotopic (exact) mass is 322 g/mol. The van der Waals surface area contributed by atoms with E-state index in [0.717, 1.165) is 22.1 Å². The molecule has 0 saturated heterocycles. The molecule has 0 saturated carbocycles. The van der Waals surface area contributed by atoms with Crippen LogP contribution in [0.1, 0.15) is 15.9 Å². The fourth-order valence-electron chi connectivity index (χ4n) is 2.54. The number of fused-ring (bicyclic) bond motifs is 1. The lowest BCUT2D eigenvalue weighted by atomic mass is 10.1. The van der Waals surface area contributed by atoms with Crippen molar-refractivity contribution < 1.29 is 19.0 Å². The quantitative estimate of drug-likeness (QED) is 0.660. The molecule has 0 aromatic heterocycles. The van der Waals surface area contributed by atoms with Crippen molar-refractivity contribution in [3.63, 3.8) is 0 Å². The van der Waals surface area contributed by atoms with Gasteiger partial charge in [0.25, 0.3) is 0 Å². The Balaban J connectivity index is 1.82. The Bertz CT molecular complexity index is 870. The molecule has 0 unspecified atom stereocenters. The SMILES string of the molecule is COc1cccc(COC(=O)c2cc3ccccc3cc2OC)c1. The molecular formula is C20H18O4. The molecule has 0 aliphatic heterocycles. The first kappa shape index (κ1) is 15.9. The Labute approximate surface area is 140 Å². The zero-order valence-electron chi connectivity index (χ0n) is 13.6. The number of ether oxygens (including phenoxy) is 3. The number of benzene rings is 3. The molecule has 0 aliphatic rings. The highest BCUT2D eigenvalue weighted by molar-refractivity contribution is 5.98. The molecule has 0 N–H and O–H groups in total. The van der Waals surface area contributed by atoms with Crippen molar-refractivity contribution in [2.45, 2.75) is 6.61 Å². The molecule has 0 heterocycles. The van der Waals surface area contributed by atoms with Gasteiger partial charge in [-0.25, -0.2) is 4.79 Å². The number of hydrogen-bond acceptors (Lipinski definition) is 4. The van der Waals surface area contributed by atoms with Crippen molar-refractivity contribution >= 4 is 16.7 Å². The fraction of sp³-hybridized carbons (Fsp3) is 0.150. The lowest BCUT2D eigenvalue weighted by Gasteiger charge is -2.11. The minimum Gasteiger partial charge on any atom is -0.497 e. The van der Waals surface area contributed by atoms with Crippen LogP contribution >= 0.6 is 0 Å². The van der Waals surface area contributed by atoms with Gasteiger partial charge in [-0.15, -0.1) is 0 Å². The van der Waals surface area contributed by atoms with Gasteiger partial charge < -0.3 is 14.2 Å². The zero-order valence-corrected chi connectivity index (χ0v) is 13.6. The van der Waals surface area contributed by atoms with E-state index in [1.54, 1.807) is 20.3 Å². The zero-order chi connectivity index (χ0) is 16.9. The third-order valence-corrected chi connectivity index (χ3v) is 3.79. The summed E-state index contributed by atoms with van der Waals surface area (Å²) in [5.41, 5.74) is 1.28. The number of esters is 1. The molecule has 3 aromatic carbocycles. The van der Waals surface area contributed by atoms with Crippen LogP contribution in [0.15, 0.2) is 60.7 Å². The predicted molar refractivity (Wildman–Crippen MR) is 92.6 cm³/mol. The molecule has 0 fully saturated rings. The molecule has 0 amide bonds. The van der Waals surface area contributed by atoms with Crippen LogP contribution in [-0.4, -0.2) is 20.2 Å². The fourth-order valence-corrected chi connectivity index (χ4v) is 2.54. The number of hydrogen-bond donors (Lipinski definition) is 0. The van der Waals surface area contributed by atoms with E-state index in [9.17, 15) is 4.79 Å². The Morgan fingerprint density at radius 1 is 0.875 bits per heavy atom. The molecule has 3 aromatic rings. The summed E-state index contributed by atoms with van der Waals surface area (Å²) in [6.45, 7) is 0.173. The molecule has 0 radical (unpaired) electrons. The van der Waals surface area contributed by atoms with E-state index in [0.29, 0.717) is 11.3 Å². The average Bonchev–Trinajstić information content (AvgIpc) is 2.65. The second kappa shape index (κ2) is 7.04. The lowest BCUT2D eigenvalue weighted by molar-refractivity contribution is 0.0469. The summed E-state index contributed by atoms with van der Waals surface area (Å²) in [7, 11) is 3.15. The summed E-state index contributed by atoms with van der Waals surface area (Å²) in [4.78, 5) is 12.5. The van der Waals surface area contributed by atoms with Gasteiger partial charge in [0.15, 0.2) is 0 Å². The molecule has 0 spiro atoms. The second-order valence-corrected chi connectivity index (χ2v) is 5.33. The third kappa shape index (κ3) is 3.33. The summed E-state index contributed by atoms with van der Waals surface area (Å²) in [6, 6.07) is 18.9. The van der Waals surface area contributed by atoms with Crippen LogP contribution in [-0.2, 0) is 11.3 Å². The number of carbonyl (C=O) groups excluding carboxylic acids is 1. The van der Waals surface area contributed by atoms with Crippen molar-refractivity contribution in [3.8, 4) is 11.5 Å². The Morgan fingerprint density at radius 2 is 1.62 bits per heavy atom. The molecule has 4 heteroatoms. The molecule has 0 aliphatic carbocycles. The smallest absolute Gasteiger partial charge is 0.342 e. The minimum atomic E-state index is -0.416. The standard InChI is InChI=1S/C20H18O4/c1-22-17-9-5-6-14(10-17)13-24-20(21)18-11-15-7-3-4-8-16(15)12-19(18)23-2/h3-12H,13H2,1-2H3. The maximum atomic E-state index is 12.5. The van der Waals surface area contributed by atoms with Gasteiger partial charge in [-0.2, -0.15) is 0 Å². The van der Waals surface area contributed by atoms with Gasteiger partial charge in [-0.3, -0.25) is 0 Å². The van der Waals surface area contributed by atoms with Crippen LogP contribution < -0.4 is 9.47 Å². The highest BCUT2D eigenvalue weighted by Gasteiger charge is 2.15. The van der Waals surface area contributed by atoms with Gasteiger partial charge in [-0.1, -0.05) is 36.4 Å². The summed E-state index contributed by atoms with van der Waals surface area (Å²) in [5, 5.41) is 1.98. The van der Waals surface area contributed by atoms with Crippen molar-refractivity contribution in [2.24, 2.45) is 0 Å². The van der Waals surface area contributed by atoms with E-state index >= 15 is 0 Å². The van der Waals surface area contributed by atoms with E-state index in [4.69, 9.17) is 14.2 Å². The van der Waals surface area contributed by atoms with Crippen molar-refractivity contribution in [1.82, 2.24) is 0 Å². The highest BCUT2D eigenvalue weighted by atomic mass is 16.5. The first-order valence-corrected chi connectivity index (χ1v) is 7.58. The van der Waals surface area contributed by atoms with E-state index in [1.807, 2.05) is 54.6 Å². The first-order valence-electron chi connectivity index (χ1n) is 7.58. The molecule has 24 heavy (non-hydrogen) atoms. The van der Waals surface area contributed by atoms with Gasteiger partial charge in [0.2, 0.25) is 0 Å². The van der Waals surface area contributed by atoms with Crippen molar-refractivity contribution in [3.05, 3.63) is 71.8 Å². The van der Waals surface area contributed by atoms with Gasteiger partial charge in [0, 0.05) is 0 Å². The van der Waals surface area contributed by atoms with Crippen LogP contribution in [0.3, 0.4) is 0 Å². The number of carbonyl (C=O) groups is 1. The maximum absolute atomic E-state index is 12.5. The predicted octanol–water partition coefficient (Wildman–Crippen LogP) is 4.21. The molecular weight excluding hydrogens is 304 g/mol. The molecule has 122 valence electrons. The molecule has 0 atom stereocenters. The lowest BCUT2D eigenvalue weighted by Crippen LogP contribution is -2.07. The minimum absolute atomic E-state index is 0.173. The average molecular weight is 322 g/mol. The Hall–Kier alpha value is -3.01. The van der Waals surface area contributed by atoms with E-state index in [2.05, 4.69) is 0 Å². The molecule has 3 rings (SSSR count). The second-order valence-electron chi connectivity index (χ2n) is 5.33. The Kier molecular flexibility index (Phi) is 4.66. The number of methoxy groups -OCH3 is 2. The van der Waals surface area contributed by atoms with Gasteiger partial charge >= 0.3 is 5.97 Å². The summed E-state index contributed by atoms with van der Waals surface area (Å²) >= 11 is 0. The van der Waals surface area contributed by atoms with Crippen molar-refractivity contribution in [1.29, 1.82) is 0 Å². The summed E-state index contributed by atoms with van der Waals surface area (Å²) in [5.74, 6) is 0.816. The van der Waals surface area contributed by atoms with Crippen LogP contribution in [0.5, 0.6) is 11.5 Å². The highest BCUT2D eigenvalue weighted by Crippen LogP contribution is 2.27. The van der Waals surface area contributed by atoms with E-state index < -0.39 is 5.97 Å². The van der Waals surface area contributed by atoms with Crippen LogP contribution in [0.25, 0.3) is 10.8 Å². The van der Waals surface area contributed by atoms with Crippen LogP contribution in [0, 0.1) is 0 Å². The largest absolute Gasteiger partial charge is 0.497 e. The number of rotatable bonds is 5. The summed E-state index contributed by atoms with van der Waals surface area (Å²) in [6.07, 6.45) is 0. The maximum Gasteiger partial charge on any atom is 0.342 e. The first-order chi connectivity index (χ1) is 11.7. The Morgan fingerprint density at radius 3 is 2.33 bits per heavy atom. The summed E-state index contributed by atoms with van der Waals surface area (Å²) < 4.78 is 15.9. The molecule has 0 bridgehead atoms. The van der Waals surface area contributed by atoms with Gasteiger partial charge in [0.05, 0.1) is 14.2 Å². The van der Waals surface area contributed by atoms with Gasteiger partial charge in [-0.05, 0) is 40.6 Å². The van der Waals surface area contributed by atoms with E-state index in [-0.39, 0.29) is 6.61 Å².